The van der Waals surface area contributed by atoms with Crippen LogP contribution in [0.5, 0.6) is 0 Å². The number of guanidine groups is 1. The molecule has 0 aromatic heterocycles. The average Bonchev–Trinajstić information content (AvgIpc) is 2.68. The number of nitrogens with one attached hydrogen (secondary N) is 1. The van der Waals surface area contributed by atoms with Gasteiger partial charge in [-0.15, -0.1) is 0 Å². The molecule has 1 aromatic carbocycles. The van der Waals surface area contributed by atoms with Crippen LogP contribution in [-0.2, 0) is 25.7 Å². The van der Waals surface area contributed by atoms with E-state index < -0.39 is 23.6 Å². The highest BCUT2D eigenvalue weighted by Gasteiger charge is 2.41. The van der Waals surface area contributed by atoms with Crippen molar-refractivity contribution in [1.82, 2.24) is 15.1 Å². The Kier molecular flexibility index (Phi) is 5.50. The average molecular weight is 376 g/mol. The van der Waals surface area contributed by atoms with E-state index >= 15 is 0 Å². The Morgan fingerprint density at radius 2 is 2.04 bits per heavy atom. The number of ketones is 1. The first-order chi connectivity index (χ1) is 12.9. The zero-order valence-electron chi connectivity index (χ0n) is 15.2. The highest BCUT2D eigenvalue weighted by Crippen LogP contribution is 2.13. The normalized spacial score (nSPS) is 20.6. The van der Waals surface area contributed by atoms with Gasteiger partial charge in [0.1, 0.15) is 5.82 Å². The summed E-state index contributed by atoms with van der Waals surface area (Å²) < 4.78 is 18.6. The zero-order valence-corrected chi connectivity index (χ0v) is 15.2. The molecule has 2 amide bonds. The Hall–Kier alpha value is -2.81. The molecule has 1 unspecified atom stereocenters. The van der Waals surface area contributed by atoms with Gasteiger partial charge in [0.2, 0.25) is 5.96 Å². The van der Waals surface area contributed by atoms with Crippen molar-refractivity contribution in [2.24, 2.45) is 4.99 Å². The van der Waals surface area contributed by atoms with Gasteiger partial charge in [0, 0.05) is 26.7 Å². The van der Waals surface area contributed by atoms with Gasteiger partial charge < -0.3 is 15.0 Å². The number of carbonyl (C=O) groups is 3. The molecule has 0 spiro atoms. The number of ether oxygens (including phenoxy) is 1. The number of morpholine rings is 1. The van der Waals surface area contributed by atoms with Crippen LogP contribution in [0.1, 0.15) is 11.1 Å². The van der Waals surface area contributed by atoms with Crippen LogP contribution in [-0.4, -0.2) is 72.7 Å². The summed E-state index contributed by atoms with van der Waals surface area (Å²) in [7, 11) is 1.46. The summed E-state index contributed by atoms with van der Waals surface area (Å²) in [5.74, 6) is -2.35. The van der Waals surface area contributed by atoms with Crippen molar-refractivity contribution in [3.05, 3.63) is 35.1 Å². The highest BCUT2D eigenvalue weighted by molar-refractivity contribution is 6.45. The summed E-state index contributed by atoms with van der Waals surface area (Å²) in [5.41, 5.74) is 1.14. The van der Waals surface area contributed by atoms with Crippen molar-refractivity contribution in [3.63, 3.8) is 0 Å². The summed E-state index contributed by atoms with van der Waals surface area (Å²) >= 11 is 0. The van der Waals surface area contributed by atoms with Crippen LogP contribution in [0, 0.1) is 12.7 Å². The number of hydrogen-bond donors (Lipinski definition) is 1. The molecular formula is C18H21FN4O4. The Morgan fingerprint density at radius 1 is 1.33 bits per heavy atom. The second-order valence-corrected chi connectivity index (χ2v) is 6.46. The van der Waals surface area contributed by atoms with Crippen LogP contribution in [0.25, 0.3) is 0 Å². The number of carbonyl (C=O) groups excluding carboxylic acids is 3. The molecule has 0 saturated carbocycles. The lowest BCUT2D eigenvalue weighted by molar-refractivity contribution is -0.145. The van der Waals surface area contributed by atoms with Crippen molar-refractivity contribution in [3.8, 4) is 0 Å². The van der Waals surface area contributed by atoms with Gasteiger partial charge in [-0.25, -0.2) is 9.38 Å². The van der Waals surface area contributed by atoms with E-state index in [1.807, 2.05) is 4.90 Å². The second kappa shape index (κ2) is 7.83. The SMILES string of the molecule is Cc1cc(CNC(=O)C2N=C(N3CCOCC3)N(C)C(=O)C2=O)ccc1F. The van der Waals surface area contributed by atoms with Gasteiger partial charge in [0.15, 0.2) is 6.04 Å². The van der Waals surface area contributed by atoms with E-state index in [9.17, 15) is 18.8 Å². The van der Waals surface area contributed by atoms with Crippen LogP contribution in [0.2, 0.25) is 0 Å². The molecule has 2 aliphatic rings. The maximum atomic E-state index is 13.3. The van der Waals surface area contributed by atoms with Gasteiger partial charge in [-0.2, -0.15) is 0 Å². The number of amides is 2. The first kappa shape index (κ1) is 19.0. The Bertz CT molecular complexity index is 805. The first-order valence-electron chi connectivity index (χ1n) is 8.63. The molecule has 3 rings (SSSR count). The summed E-state index contributed by atoms with van der Waals surface area (Å²) in [6.07, 6.45) is 0. The number of Topliss-reactive ketones (excluding diaryl/α,β-unsaturated/α-hetero) is 1. The molecule has 0 bridgehead atoms. The van der Waals surface area contributed by atoms with Gasteiger partial charge in [-0.3, -0.25) is 19.3 Å². The predicted molar refractivity (Wildman–Crippen MR) is 94.4 cm³/mol. The lowest BCUT2D eigenvalue weighted by atomic mass is 10.1. The number of hydrogen-bond acceptors (Lipinski definition) is 6. The maximum Gasteiger partial charge on any atom is 0.299 e. The topological polar surface area (TPSA) is 91.3 Å². The van der Waals surface area contributed by atoms with Crippen LogP contribution >= 0.6 is 0 Å². The smallest absolute Gasteiger partial charge is 0.299 e. The molecular weight excluding hydrogens is 355 g/mol. The van der Waals surface area contributed by atoms with Crippen LogP contribution in [0.3, 0.4) is 0 Å². The number of rotatable bonds is 3. The number of aliphatic imine (C=N–C) groups is 1. The molecule has 1 fully saturated rings. The third kappa shape index (κ3) is 3.97. The van der Waals surface area contributed by atoms with E-state index in [0.717, 1.165) is 0 Å². The quantitative estimate of drug-likeness (QED) is 0.585. The van der Waals surface area contributed by atoms with Crippen molar-refractivity contribution in [1.29, 1.82) is 0 Å². The molecule has 1 saturated heterocycles. The summed E-state index contributed by atoms with van der Waals surface area (Å²) in [4.78, 5) is 44.2. The minimum Gasteiger partial charge on any atom is -0.378 e. The predicted octanol–water partition coefficient (Wildman–Crippen LogP) is -0.152. The molecule has 1 N–H and O–H groups in total. The minimum absolute atomic E-state index is 0.107. The van der Waals surface area contributed by atoms with Gasteiger partial charge in [0.25, 0.3) is 17.6 Å². The van der Waals surface area contributed by atoms with Gasteiger partial charge in [-0.1, -0.05) is 12.1 Å². The summed E-state index contributed by atoms with van der Waals surface area (Å²) in [5, 5.41) is 2.60. The number of halogens is 1. The molecule has 9 heteroatoms. The first-order valence-corrected chi connectivity index (χ1v) is 8.63. The number of nitrogens with zero attached hydrogens (tertiary/aromatic N) is 3. The number of benzene rings is 1. The fourth-order valence-corrected chi connectivity index (χ4v) is 2.97. The monoisotopic (exact) mass is 376 g/mol. The molecule has 144 valence electrons. The molecule has 2 aliphatic heterocycles. The van der Waals surface area contributed by atoms with Crippen molar-refractivity contribution in [2.45, 2.75) is 19.5 Å². The molecule has 1 atom stereocenters. The Balaban J connectivity index is 1.74. The summed E-state index contributed by atoms with van der Waals surface area (Å²) in [6, 6.07) is 3.05. The molecule has 8 nitrogen and oxygen atoms in total. The largest absolute Gasteiger partial charge is 0.378 e. The molecule has 27 heavy (non-hydrogen) atoms. The molecule has 0 radical (unpaired) electrons. The molecule has 2 heterocycles. The zero-order chi connectivity index (χ0) is 19.6. The van der Waals surface area contributed by atoms with Gasteiger partial charge >= 0.3 is 0 Å². The van der Waals surface area contributed by atoms with E-state index in [1.165, 1.54) is 18.0 Å². The van der Waals surface area contributed by atoms with Crippen molar-refractivity contribution >= 4 is 23.6 Å². The van der Waals surface area contributed by atoms with E-state index in [2.05, 4.69) is 10.3 Å². The lowest BCUT2D eigenvalue weighted by Crippen LogP contribution is -2.58. The Labute approximate surface area is 156 Å². The fourth-order valence-electron chi connectivity index (χ4n) is 2.97. The summed E-state index contributed by atoms with van der Waals surface area (Å²) in [6.45, 7) is 3.74. The van der Waals surface area contributed by atoms with E-state index in [0.29, 0.717) is 43.4 Å². The number of aryl methyl sites for hydroxylation is 1. The highest BCUT2D eigenvalue weighted by atomic mass is 19.1. The fraction of sp³-hybridized carbons (Fsp3) is 0.444. The van der Waals surface area contributed by atoms with E-state index in [1.54, 1.807) is 19.1 Å². The van der Waals surface area contributed by atoms with Crippen LogP contribution < -0.4 is 5.32 Å². The Morgan fingerprint density at radius 3 is 2.70 bits per heavy atom. The lowest BCUT2D eigenvalue weighted by Gasteiger charge is -2.36. The molecule has 0 aliphatic carbocycles. The third-order valence-corrected chi connectivity index (χ3v) is 4.54. The third-order valence-electron chi connectivity index (χ3n) is 4.54. The van der Waals surface area contributed by atoms with Gasteiger partial charge in [0.05, 0.1) is 13.2 Å². The van der Waals surface area contributed by atoms with Gasteiger partial charge in [-0.05, 0) is 24.1 Å². The van der Waals surface area contributed by atoms with Crippen molar-refractivity contribution < 1.29 is 23.5 Å². The van der Waals surface area contributed by atoms with E-state index in [-0.39, 0.29) is 12.4 Å². The maximum absolute atomic E-state index is 13.3. The number of likely N-dealkylation sites (N-methyl/N-ethyl adjacent to an activating group) is 1. The minimum atomic E-state index is -1.42. The van der Waals surface area contributed by atoms with Crippen LogP contribution in [0.4, 0.5) is 4.39 Å². The second-order valence-electron chi connectivity index (χ2n) is 6.46. The standard InChI is InChI=1S/C18H21FN4O4/c1-11-9-12(3-4-13(11)19)10-20-16(25)14-15(24)17(26)22(2)18(21-14)23-5-7-27-8-6-23/h3-4,9,14H,5-8,10H2,1-2H3,(H,20,25). The van der Waals surface area contributed by atoms with Crippen LogP contribution in [0.15, 0.2) is 23.2 Å². The van der Waals surface area contributed by atoms with Crippen molar-refractivity contribution in [2.75, 3.05) is 33.4 Å². The molecule has 1 aromatic rings. The van der Waals surface area contributed by atoms with E-state index in [4.69, 9.17) is 4.74 Å².